The van der Waals surface area contributed by atoms with E-state index in [1.165, 1.54) is 0 Å². The van der Waals surface area contributed by atoms with Crippen LogP contribution in [0, 0.1) is 0 Å². The van der Waals surface area contributed by atoms with E-state index in [1.807, 2.05) is 89.8 Å². The van der Waals surface area contributed by atoms with Crippen molar-refractivity contribution in [1.82, 2.24) is 9.80 Å². The van der Waals surface area contributed by atoms with Crippen LogP contribution in [0.25, 0.3) is 21.9 Å². The van der Waals surface area contributed by atoms with Crippen molar-refractivity contribution in [2.75, 3.05) is 32.8 Å². The molecule has 0 aliphatic carbocycles. The first-order chi connectivity index (χ1) is 16.7. The van der Waals surface area contributed by atoms with Gasteiger partial charge in [-0.15, -0.1) is 0 Å². The first-order valence-corrected chi connectivity index (χ1v) is 11.5. The molecule has 1 aliphatic rings. The molecule has 5 rings (SSSR count). The van der Waals surface area contributed by atoms with E-state index in [0.717, 1.165) is 21.9 Å². The maximum atomic E-state index is 12.9. The largest absolute Gasteiger partial charge is 0.484 e. The molecule has 1 saturated heterocycles. The predicted octanol–water partition coefficient (Wildman–Crippen LogP) is 4.87. The zero-order chi connectivity index (χ0) is 23.3. The van der Waals surface area contributed by atoms with Gasteiger partial charge in [0.25, 0.3) is 11.8 Å². The zero-order valence-electron chi connectivity index (χ0n) is 18.9. The van der Waals surface area contributed by atoms with E-state index in [1.54, 1.807) is 4.90 Å². The minimum Gasteiger partial charge on any atom is -0.484 e. The summed E-state index contributed by atoms with van der Waals surface area (Å²) in [6.45, 7) is 2.04. The Hall–Kier alpha value is -4.12. The zero-order valence-corrected chi connectivity index (χ0v) is 18.9. The minimum absolute atomic E-state index is 0.000811. The van der Waals surface area contributed by atoms with Crippen molar-refractivity contribution >= 4 is 22.6 Å². The molecule has 5 nitrogen and oxygen atoms in total. The lowest BCUT2D eigenvalue weighted by molar-refractivity contribution is -0.134. The van der Waals surface area contributed by atoms with Gasteiger partial charge in [0.05, 0.1) is 0 Å². The van der Waals surface area contributed by atoms with E-state index < -0.39 is 0 Å². The van der Waals surface area contributed by atoms with Crippen LogP contribution in [0.15, 0.2) is 97.1 Å². The molecular formula is C29H26N2O3. The van der Waals surface area contributed by atoms with E-state index in [0.29, 0.717) is 37.5 Å². The Morgan fingerprint density at radius 1 is 0.647 bits per heavy atom. The number of nitrogens with zero attached hydrogens (tertiary/aromatic N) is 2. The Morgan fingerprint density at radius 2 is 1.26 bits per heavy atom. The Kier molecular flexibility index (Phi) is 6.25. The van der Waals surface area contributed by atoms with Crippen molar-refractivity contribution in [1.29, 1.82) is 0 Å². The van der Waals surface area contributed by atoms with Crippen molar-refractivity contribution < 1.29 is 14.3 Å². The molecule has 0 bridgehead atoms. The van der Waals surface area contributed by atoms with E-state index in [-0.39, 0.29) is 18.4 Å². The van der Waals surface area contributed by atoms with Crippen LogP contribution >= 0.6 is 0 Å². The predicted molar refractivity (Wildman–Crippen MR) is 134 cm³/mol. The van der Waals surface area contributed by atoms with Gasteiger partial charge in [-0.1, -0.05) is 72.8 Å². The molecule has 0 N–H and O–H groups in total. The highest BCUT2D eigenvalue weighted by Gasteiger charge is 2.25. The van der Waals surface area contributed by atoms with Gasteiger partial charge >= 0.3 is 0 Å². The molecule has 5 heteroatoms. The normalized spacial score (nSPS) is 13.6. The summed E-state index contributed by atoms with van der Waals surface area (Å²) in [6.07, 6.45) is 0. The fourth-order valence-corrected chi connectivity index (χ4v) is 4.27. The standard InChI is InChI=1S/C29H26N2O3/c32-28(21-34-27-15-14-23-8-4-5-9-26(23)20-27)30-16-18-31(19-17-30)29(33)25-12-10-24(11-13-25)22-6-2-1-3-7-22/h1-15,20H,16-19,21H2. The lowest BCUT2D eigenvalue weighted by atomic mass is 10.0. The highest BCUT2D eigenvalue weighted by atomic mass is 16.5. The highest BCUT2D eigenvalue weighted by molar-refractivity contribution is 5.95. The summed E-state index contributed by atoms with van der Waals surface area (Å²) >= 11 is 0. The van der Waals surface area contributed by atoms with Gasteiger partial charge in [-0.3, -0.25) is 9.59 Å². The van der Waals surface area contributed by atoms with Gasteiger partial charge in [-0.2, -0.15) is 0 Å². The van der Waals surface area contributed by atoms with Crippen molar-refractivity contribution in [2.24, 2.45) is 0 Å². The number of hydrogen-bond donors (Lipinski definition) is 0. The summed E-state index contributed by atoms with van der Waals surface area (Å²) in [5.41, 5.74) is 2.87. The second-order valence-corrected chi connectivity index (χ2v) is 8.41. The van der Waals surface area contributed by atoms with Gasteiger partial charge < -0.3 is 14.5 Å². The van der Waals surface area contributed by atoms with Gasteiger partial charge in [0, 0.05) is 31.7 Å². The van der Waals surface area contributed by atoms with Gasteiger partial charge in [0.2, 0.25) is 0 Å². The summed E-state index contributed by atoms with van der Waals surface area (Å²) in [5, 5.41) is 2.22. The average Bonchev–Trinajstić information content (AvgIpc) is 2.92. The van der Waals surface area contributed by atoms with E-state index in [4.69, 9.17) is 4.74 Å². The van der Waals surface area contributed by atoms with Crippen molar-refractivity contribution in [3.8, 4) is 16.9 Å². The number of benzene rings is 4. The quantitative estimate of drug-likeness (QED) is 0.436. The van der Waals surface area contributed by atoms with Crippen LogP contribution in [0.5, 0.6) is 5.75 Å². The molecule has 4 aromatic rings. The SMILES string of the molecule is O=C(COc1ccc2ccccc2c1)N1CCN(C(=O)c2ccc(-c3ccccc3)cc2)CC1. The van der Waals surface area contributed by atoms with Gasteiger partial charge in [-0.25, -0.2) is 0 Å². The van der Waals surface area contributed by atoms with Crippen LogP contribution in [0.4, 0.5) is 0 Å². The third kappa shape index (κ3) is 4.79. The summed E-state index contributed by atoms with van der Waals surface area (Å²) < 4.78 is 5.75. The van der Waals surface area contributed by atoms with Crippen LogP contribution in [0.3, 0.4) is 0 Å². The topological polar surface area (TPSA) is 49.9 Å². The Morgan fingerprint density at radius 3 is 2.00 bits per heavy atom. The lowest BCUT2D eigenvalue weighted by Gasteiger charge is -2.34. The molecule has 4 aromatic carbocycles. The molecule has 0 spiro atoms. The van der Waals surface area contributed by atoms with Crippen molar-refractivity contribution in [3.63, 3.8) is 0 Å². The monoisotopic (exact) mass is 450 g/mol. The number of carbonyl (C=O) groups excluding carboxylic acids is 2. The second kappa shape index (κ2) is 9.79. The summed E-state index contributed by atoms with van der Waals surface area (Å²) in [4.78, 5) is 29.2. The molecule has 170 valence electrons. The number of carbonyl (C=O) groups is 2. The number of fused-ring (bicyclic) bond motifs is 1. The number of rotatable bonds is 5. The van der Waals surface area contributed by atoms with Crippen molar-refractivity contribution in [2.45, 2.75) is 0 Å². The van der Waals surface area contributed by atoms with E-state index in [2.05, 4.69) is 12.1 Å². The lowest BCUT2D eigenvalue weighted by Crippen LogP contribution is -2.51. The fourth-order valence-electron chi connectivity index (χ4n) is 4.27. The molecule has 0 atom stereocenters. The Bertz CT molecular complexity index is 1290. The number of piperazine rings is 1. The maximum absolute atomic E-state index is 12.9. The van der Waals surface area contributed by atoms with Gasteiger partial charge in [0.1, 0.15) is 5.75 Å². The highest BCUT2D eigenvalue weighted by Crippen LogP contribution is 2.22. The molecule has 2 amide bonds. The first kappa shape index (κ1) is 21.7. The fraction of sp³-hybridized carbons (Fsp3) is 0.172. The third-order valence-electron chi connectivity index (χ3n) is 6.24. The van der Waals surface area contributed by atoms with Gasteiger partial charge in [0.15, 0.2) is 6.61 Å². The molecule has 1 fully saturated rings. The summed E-state index contributed by atoms with van der Waals surface area (Å²) in [7, 11) is 0. The molecule has 34 heavy (non-hydrogen) atoms. The maximum Gasteiger partial charge on any atom is 0.260 e. The van der Waals surface area contributed by atoms with Crippen LogP contribution in [-0.2, 0) is 4.79 Å². The molecule has 0 aromatic heterocycles. The molecule has 0 unspecified atom stereocenters. The van der Waals surface area contributed by atoms with Crippen LogP contribution < -0.4 is 4.74 Å². The molecule has 0 radical (unpaired) electrons. The van der Waals surface area contributed by atoms with Gasteiger partial charge in [-0.05, 0) is 46.2 Å². The number of ether oxygens (including phenoxy) is 1. The number of hydrogen-bond acceptors (Lipinski definition) is 3. The number of amides is 2. The smallest absolute Gasteiger partial charge is 0.260 e. The average molecular weight is 451 g/mol. The Balaban J connectivity index is 1.13. The second-order valence-electron chi connectivity index (χ2n) is 8.41. The van der Waals surface area contributed by atoms with E-state index in [9.17, 15) is 9.59 Å². The molecule has 1 heterocycles. The first-order valence-electron chi connectivity index (χ1n) is 11.5. The van der Waals surface area contributed by atoms with Crippen LogP contribution in [0.1, 0.15) is 10.4 Å². The van der Waals surface area contributed by atoms with Crippen LogP contribution in [-0.4, -0.2) is 54.4 Å². The molecular weight excluding hydrogens is 424 g/mol. The summed E-state index contributed by atoms with van der Waals surface area (Å²) in [6, 6.07) is 31.7. The molecule has 1 aliphatic heterocycles. The van der Waals surface area contributed by atoms with E-state index >= 15 is 0 Å². The Labute approximate surface area is 199 Å². The third-order valence-corrected chi connectivity index (χ3v) is 6.24. The van der Waals surface area contributed by atoms with Crippen LogP contribution in [0.2, 0.25) is 0 Å². The van der Waals surface area contributed by atoms with Crippen molar-refractivity contribution in [3.05, 3.63) is 103 Å². The summed E-state index contributed by atoms with van der Waals surface area (Å²) in [5.74, 6) is 0.617. The minimum atomic E-state index is -0.0625. The molecule has 0 saturated carbocycles.